The molecule has 0 spiro atoms. The van der Waals surface area contributed by atoms with Crippen LogP contribution in [0.4, 0.5) is 11.8 Å². The van der Waals surface area contributed by atoms with Crippen molar-refractivity contribution in [2.45, 2.75) is 39.8 Å². The number of fused-ring (bicyclic) bond motifs is 2. The third-order valence-electron chi connectivity index (χ3n) is 7.14. The Morgan fingerprint density at radius 2 is 1.92 bits per heavy atom. The molecule has 1 amide bonds. The highest BCUT2D eigenvalue weighted by Crippen LogP contribution is 2.36. The molecule has 0 bridgehead atoms. The van der Waals surface area contributed by atoms with Crippen LogP contribution < -0.4 is 9.80 Å². The highest BCUT2D eigenvalue weighted by molar-refractivity contribution is 5.94. The van der Waals surface area contributed by atoms with Gasteiger partial charge in [-0.25, -0.2) is 4.98 Å². The van der Waals surface area contributed by atoms with Crippen LogP contribution >= 0.6 is 0 Å². The molecule has 1 aromatic carbocycles. The number of hydrogen-bond donors (Lipinski definition) is 1. The first-order chi connectivity index (χ1) is 17.4. The summed E-state index contributed by atoms with van der Waals surface area (Å²) in [5, 5.41) is 13.0. The highest BCUT2D eigenvalue weighted by Gasteiger charge is 2.25. The van der Waals surface area contributed by atoms with Crippen molar-refractivity contribution in [3.8, 4) is 5.88 Å². The normalized spacial score (nSPS) is 15.0. The summed E-state index contributed by atoms with van der Waals surface area (Å²) in [6, 6.07) is 10.4. The molecule has 1 aliphatic heterocycles. The Bertz CT molecular complexity index is 1410. The van der Waals surface area contributed by atoms with Crippen LogP contribution in [0.1, 0.15) is 38.8 Å². The number of anilines is 2. The number of aromatic nitrogens is 4. The van der Waals surface area contributed by atoms with Crippen molar-refractivity contribution in [3.05, 3.63) is 48.3 Å². The van der Waals surface area contributed by atoms with E-state index in [4.69, 9.17) is 9.97 Å². The Morgan fingerprint density at radius 1 is 1.17 bits per heavy atom. The van der Waals surface area contributed by atoms with E-state index in [1.165, 1.54) is 0 Å². The minimum absolute atomic E-state index is 0.0821. The van der Waals surface area contributed by atoms with Crippen LogP contribution in [0.3, 0.4) is 0 Å². The maximum atomic E-state index is 11.8. The molecular formula is C27H33N7O2. The highest BCUT2D eigenvalue weighted by atomic mass is 16.3. The smallest absolute Gasteiger partial charge is 0.228 e. The molecule has 1 atom stereocenters. The summed E-state index contributed by atoms with van der Waals surface area (Å²) < 4.78 is 1.88. The molecule has 36 heavy (non-hydrogen) atoms. The van der Waals surface area contributed by atoms with Crippen LogP contribution in [0.2, 0.25) is 0 Å². The fourth-order valence-corrected chi connectivity index (χ4v) is 4.80. The molecule has 0 radical (unpaired) electrons. The maximum Gasteiger partial charge on any atom is 0.228 e. The third-order valence-corrected chi connectivity index (χ3v) is 7.14. The molecule has 4 heterocycles. The Balaban J connectivity index is 1.53. The minimum Gasteiger partial charge on any atom is -0.493 e. The first kappa shape index (κ1) is 23.8. The minimum atomic E-state index is 0.0821. The molecule has 1 saturated heterocycles. The lowest BCUT2D eigenvalue weighted by atomic mass is 10.1. The Hall–Kier alpha value is -3.88. The number of para-hydroxylation sites is 1. The molecule has 0 unspecified atom stereocenters. The maximum absolute atomic E-state index is 11.8. The monoisotopic (exact) mass is 487 g/mol. The number of nitrogens with zero attached hydrogens (tertiary/aromatic N) is 7. The average Bonchev–Trinajstić information content (AvgIpc) is 3.23. The van der Waals surface area contributed by atoms with Crippen LogP contribution in [0.5, 0.6) is 5.88 Å². The van der Waals surface area contributed by atoms with Gasteiger partial charge in [0.1, 0.15) is 11.3 Å². The lowest BCUT2D eigenvalue weighted by Gasteiger charge is -2.34. The van der Waals surface area contributed by atoms with E-state index >= 15 is 0 Å². The predicted octanol–water partition coefficient (Wildman–Crippen LogP) is 3.96. The Labute approximate surface area is 211 Å². The second kappa shape index (κ2) is 9.64. The van der Waals surface area contributed by atoms with E-state index in [-0.39, 0.29) is 17.8 Å². The van der Waals surface area contributed by atoms with Crippen LogP contribution in [-0.2, 0) is 11.3 Å². The molecule has 9 nitrogen and oxygen atoms in total. The summed E-state index contributed by atoms with van der Waals surface area (Å²) in [6.45, 7) is 8.94. The van der Waals surface area contributed by atoms with Crippen LogP contribution in [-0.4, -0.2) is 68.7 Å². The number of aromatic hydroxyl groups is 1. The van der Waals surface area contributed by atoms with E-state index in [1.807, 2.05) is 47.1 Å². The Kier molecular flexibility index (Phi) is 6.38. The summed E-state index contributed by atoms with van der Waals surface area (Å²) >= 11 is 0. The van der Waals surface area contributed by atoms with E-state index in [0.717, 1.165) is 34.1 Å². The number of carbonyl (C=O) groups excluding carboxylic acids is 1. The van der Waals surface area contributed by atoms with Crippen LogP contribution in [0, 0.1) is 0 Å². The molecule has 1 N–H and O–H groups in total. The van der Waals surface area contributed by atoms with Gasteiger partial charge in [0.25, 0.3) is 0 Å². The van der Waals surface area contributed by atoms with Gasteiger partial charge in [-0.1, -0.05) is 25.1 Å². The SMILES string of the molecule is CC[C@H](C)n1cc2c(N(C)Cc3cnc4ccccc4c3)nc(N3CCN(C(C)=O)CC3)nc2c1O. The van der Waals surface area contributed by atoms with Gasteiger partial charge in [-0.3, -0.25) is 9.78 Å². The Morgan fingerprint density at radius 3 is 2.64 bits per heavy atom. The lowest BCUT2D eigenvalue weighted by Crippen LogP contribution is -2.48. The number of amides is 1. The second-order valence-electron chi connectivity index (χ2n) is 9.61. The van der Waals surface area contributed by atoms with Gasteiger partial charge in [-0.05, 0) is 31.0 Å². The van der Waals surface area contributed by atoms with Crippen LogP contribution in [0.25, 0.3) is 21.8 Å². The first-order valence-corrected chi connectivity index (χ1v) is 12.5. The van der Waals surface area contributed by atoms with Gasteiger partial charge in [0, 0.05) is 70.5 Å². The van der Waals surface area contributed by atoms with Gasteiger partial charge < -0.3 is 24.4 Å². The number of hydrogen-bond acceptors (Lipinski definition) is 7. The van der Waals surface area contributed by atoms with Crippen molar-refractivity contribution < 1.29 is 9.90 Å². The summed E-state index contributed by atoms with van der Waals surface area (Å²) in [4.78, 5) is 32.2. The summed E-state index contributed by atoms with van der Waals surface area (Å²) in [7, 11) is 2.01. The lowest BCUT2D eigenvalue weighted by molar-refractivity contribution is -0.129. The van der Waals surface area contributed by atoms with Crippen molar-refractivity contribution in [2.75, 3.05) is 43.0 Å². The molecule has 1 aliphatic rings. The van der Waals surface area contributed by atoms with Crippen molar-refractivity contribution >= 4 is 39.5 Å². The molecule has 1 fully saturated rings. The molecule has 3 aromatic heterocycles. The summed E-state index contributed by atoms with van der Waals surface area (Å²) in [5.74, 6) is 1.57. The standard InChI is InChI=1S/C27H33N7O2/c1-5-18(2)34-17-22-24(26(34)36)29-27(33-12-10-32(11-13-33)19(3)35)30-25(22)31(4)16-20-14-21-8-6-7-9-23(21)28-15-20/h6-9,14-15,17-18,36H,5,10-13,16H2,1-4H3/t18-/m0/s1. The van der Waals surface area contributed by atoms with Crippen molar-refractivity contribution in [3.63, 3.8) is 0 Å². The summed E-state index contributed by atoms with van der Waals surface area (Å²) in [6.07, 6.45) is 4.75. The largest absolute Gasteiger partial charge is 0.493 e. The third kappa shape index (κ3) is 4.41. The molecular weight excluding hydrogens is 454 g/mol. The molecule has 0 saturated carbocycles. The fraction of sp³-hybridized carbons (Fsp3) is 0.407. The van der Waals surface area contributed by atoms with E-state index in [0.29, 0.717) is 44.2 Å². The topological polar surface area (TPSA) is 90.6 Å². The zero-order chi connectivity index (χ0) is 25.4. The van der Waals surface area contributed by atoms with Gasteiger partial charge in [-0.15, -0.1) is 0 Å². The number of piperazine rings is 1. The zero-order valence-corrected chi connectivity index (χ0v) is 21.3. The van der Waals surface area contributed by atoms with Crippen LogP contribution in [0.15, 0.2) is 42.7 Å². The molecule has 5 rings (SSSR count). The predicted molar refractivity (Wildman–Crippen MR) is 143 cm³/mol. The quantitative estimate of drug-likeness (QED) is 0.440. The first-order valence-electron chi connectivity index (χ1n) is 12.5. The van der Waals surface area contributed by atoms with E-state index < -0.39 is 0 Å². The van der Waals surface area contributed by atoms with Gasteiger partial charge in [0.2, 0.25) is 17.7 Å². The van der Waals surface area contributed by atoms with E-state index in [9.17, 15) is 9.90 Å². The van der Waals surface area contributed by atoms with E-state index in [2.05, 4.69) is 40.8 Å². The van der Waals surface area contributed by atoms with Crippen molar-refractivity contribution in [1.82, 2.24) is 24.4 Å². The van der Waals surface area contributed by atoms with Gasteiger partial charge >= 0.3 is 0 Å². The molecule has 188 valence electrons. The average molecular weight is 488 g/mol. The van der Waals surface area contributed by atoms with Crippen molar-refractivity contribution in [2.24, 2.45) is 0 Å². The number of rotatable bonds is 6. The van der Waals surface area contributed by atoms with Gasteiger partial charge in [0.05, 0.1) is 10.9 Å². The molecule has 9 heteroatoms. The van der Waals surface area contributed by atoms with E-state index in [1.54, 1.807) is 6.92 Å². The molecule has 0 aliphatic carbocycles. The summed E-state index contributed by atoms with van der Waals surface area (Å²) in [5.41, 5.74) is 2.59. The second-order valence-corrected chi connectivity index (χ2v) is 9.61. The number of benzene rings is 1. The number of carbonyl (C=O) groups is 1. The molecule has 4 aromatic rings. The number of pyridine rings is 1. The van der Waals surface area contributed by atoms with Gasteiger partial charge in [-0.2, -0.15) is 4.98 Å². The van der Waals surface area contributed by atoms with Gasteiger partial charge in [0.15, 0.2) is 0 Å². The van der Waals surface area contributed by atoms with Crippen molar-refractivity contribution in [1.29, 1.82) is 0 Å². The fourth-order valence-electron chi connectivity index (χ4n) is 4.80. The zero-order valence-electron chi connectivity index (χ0n) is 21.3.